The van der Waals surface area contributed by atoms with Crippen LogP contribution in [0, 0.1) is 0 Å². The van der Waals surface area contributed by atoms with Crippen molar-refractivity contribution in [3.05, 3.63) is 41.9 Å². The van der Waals surface area contributed by atoms with Crippen molar-refractivity contribution in [2.45, 2.75) is 44.1 Å². The lowest BCUT2D eigenvalue weighted by atomic mass is 10.2. The van der Waals surface area contributed by atoms with E-state index in [9.17, 15) is 0 Å². The number of nitrogens with zero attached hydrogens (tertiary/aromatic N) is 3. The Balaban J connectivity index is 1.42. The molecule has 0 aromatic carbocycles. The highest BCUT2D eigenvalue weighted by Gasteiger charge is 2.27. The van der Waals surface area contributed by atoms with E-state index in [2.05, 4.69) is 37.7 Å². The molecule has 2 aliphatic carbocycles. The molecule has 2 saturated carbocycles. The molecule has 0 amide bonds. The lowest BCUT2D eigenvalue weighted by Crippen LogP contribution is -2.11. The first-order chi connectivity index (χ1) is 10.9. The summed E-state index contributed by atoms with van der Waals surface area (Å²) in [5.74, 6) is 2.35. The Morgan fingerprint density at radius 3 is 2.73 bits per heavy atom. The molecule has 5 heteroatoms. The molecule has 22 heavy (non-hydrogen) atoms. The molecule has 2 N–H and O–H groups in total. The maximum Gasteiger partial charge on any atom is 0.225 e. The second kappa shape index (κ2) is 5.91. The summed E-state index contributed by atoms with van der Waals surface area (Å²) in [5.41, 5.74) is 2.28. The molecule has 4 rings (SSSR count). The van der Waals surface area contributed by atoms with Gasteiger partial charge in [0.1, 0.15) is 5.82 Å². The number of aromatic nitrogens is 3. The number of rotatable bonds is 7. The Labute approximate surface area is 130 Å². The monoisotopic (exact) mass is 295 g/mol. The third-order valence-electron chi connectivity index (χ3n) is 4.07. The maximum atomic E-state index is 4.67. The molecular weight excluding hydrogens is 274 g/mol. The van der Waals surface area contributed by atoms with Gasteiger partial charge in [0.25, 0.3) is 0 Å². The topological polar surface area (TPSA) is 62.7 Å². The number of hydrogen-bond acceptors (Lipinski definition) is 5. The van der Waals surface area contributed by atoms with Gasteiger partial charge in [-0.1, -0.05) is 6.07 Å². The Bertz CT molecular complexity index is 635. The van der Waals surface area contributed by atoms with Crippen LogP contribution in [0.25, 0.3) is 0 Å². The summed E-state index contributed by atoms with van der Waals surface area (Å²) in [7, 11) is 0. The summed E-state index contributed by atoms with van der Waals surface area (Å²) >= 11 is 0. The van der Waals surface area contributed by atoms with Gasteiger partial charge in [0, 0.05) is 42.9 Å². The second-order valence-electron chi connectivity index (χ2n) is 6.19. The Kier molecular flexibility index (Phi) is 3.62. The molecule has 0 bridgehead atoms. The van der Waals surface area contributed by atoms with Crippen LogP contribution in [0.4, 0.5) is 11.8 Å². The second-order valence-corrected chi connectivity index (χ2v) is 6.19. The van der Waals surface area contributed by atoms with E-state index in [0.29, 0.717) is 12.0 Å². The fraction of sp³-hybridized carbons (Fsp3) is 0.471. The third-order valence-corrected chi connectivity index (χ3v) is 4.07. The van der Waals surface area contributed by atoms with Crippen molar-refractivity contribution in [1.29, 1.82) is 0 Å². The van der Waals surface area contributed by atoms with Crippen LogP contribution in [0.5, 0.6) is 0 Å². The quantitative estimate of drug-likeness (QED) is 0.822. The zero-order chi connectivity index (χ0) is 14.8. The smallest absolute Gasteiger partial charge is 0.225 e. The van der Waals surface area contributed by atoms with Gasteiger partial charge in [-0.15, -0.1) is 0 Å². The molecule has 2 aromatic rings. The SMILES string of the molecule is c1ccc(CCNc2cc(C3CC3)nc(NC3CC3)n2)nc1. The molecule has 2 aromatic heterocycles. The van der Waals surface area contributed by atoms with E-state index in [1.165, 1.54) is 31.4 Å². The fourth-order valence-corrected chi connectivity index (χ4v) is 2.48. The fourth-order valence-electron chi connectivity index (χ4n) is 2.48. The van der Waals surface area contributed by atoms with Crippen molar-refractivity contribution in [2.24, 2.45) is 0 Å². The Hall–Kier alpha value is -2.17. The number of anilines is 2. The molecule has 5 nitrogen and oxygen atoms in total. The van der Waals surface area contributed by atoms with Crippen molar-refractivity contribution < 1.29 is 0 Å². The van der Waals surface area contributed by atoms with Gasteiger partial charge in [-0.25, -0.2) is 4.98 Å². The first kappa shape index (κ1) is 13.5. The molecule has 0 spiro atoms. The minimum Gasteiger partial charge on any atom is -0.370 e. The van der Waals surface area contributed by atoms with Crippen LogP contribution in [-0.4, -0.2) is 27.5 Å². The van der Waals surface area contributed by atoms with Crippen molar-refractivity contribution in [3.63, 3.8) is 0 Å². The van der Waals surface area contributed by atoms with Gasteiger partial charge in [0.05, 0.1) is 5.69 Å². The predicted octanol–water partition coefficient (Wildman–Crippen LogP) is 2.98. The molecule has 0 atom stereocenters. The van der Waals surface area contributed by atoms with E-state index >= 15 is 0 Å². The zero-order valence-corrected chi connectivity index (χ0v) is 12.6. The van der Waals surface area contributed by atoms with E-state index < -0.39 is 0 Å². The highest BCUT2D eigenvalue weighted by atomic mass is 15.2. The average Bonchev–Trinajstić information content (AvgIpc) is 3.42. The lowest BCUT2D eigenvalue weighted by molar-refractivity contribution is 0.931. The predicted molar refractivity (Wildman–Crippen MR) is 87.1 cm³/mol. The summed E-state index contributed by atoms with van der Waals surface area (Å²) in [6.07, 6.45) is 7.72. The van der Waals surface area contributed by atoms with Crippen molar-refractivity contribution >= 4 is 11.8 Å². The van der Waals surface area contributed by atoms with Crippen LogP contribution in [0.1, 0.15) is 43.0 Å². The van der Waals surface area contributed by atoms with Gasteiger partial charge in [0.15, 0.2) is 0 Å². The van der Waals surface area contributed by atoms with E-state index in [-0.39, 0.29) is 0 Å². The van der Waals surface area contributed by atoms with E-state index in [4.69, 9.17) is 0 Å². The minimum atomic E-state index is 0.579. The Morgan fingerprint density at radius 1 is 1.09 bits per heavy atom. The zero-order valence-electron chi connectivity index (χ0n) is 12.6. The van der Waals surface area contributed by atoms with Crippen LogP contribution >= 0.6 is 0 Å². The van der Waals surface area contributed by atoms with Crippen LogP contribution in [0.3, 0.4) is 0 Å². The van der Waals surface area contributed by atoms with Gasteiger partial charge in [0.2, 0.25) is 5.95 Å². The van der Waals surface area contributed by atoms with Crippen LogP contribution in [-0.2, 0) is 6.42 Å². The molecule has 2 aliphatic rings. The summed E-state index contributed by atoms with van der Waals surface area (Å²) in [6, 6.07) is 8.70. The number of pyridine rings is 1. The summed E-state index contributed by atoms with van der Waals surface area (Å²) in [6.45, 7) is 0.834. The summed E-state index contributed by atoms with van der Waals surface area (Å²) in [4.78, 5) is 13.6. The van der Waals surface area contributed by atoms with E-state index in [1.54, 1.807) is 0 Å². The van der Waals surface area contributed by atoms with E-state index in [0.717, 1.165) is 30.4 Å². The standard InChI is InChI=1S/C17H21N5/c1-2-9-18-13(3-1)8-10-19-16-11-15(12-4-5-12)21-17(22-16)20-14-6-7-14/h1-3,9,11-12,14H,4-8,10H2,(H2,19,20,21,22). The normalized spacial score (nSPS) is 17.3. The van der Waals surface area contributed by atoms with Gasteiger partial charge in [-0.2, -0.15) is 4.98 Å². The van der Waals surface area contributed by atoms with Gasteiger partial charge in [-0.3, -0.25) is 4.98 Å². The molecular formula is C17H21N5. The Morgan fingerprint density at radius 2 is 2.00 bits per heavy atom. The molecule has 114 valence electrons. The van der Waals surface area contributed by atoms with Crippen molar-refractivity contribution in [2.75, 3.05) is 17.2 Å². The summed E-state index contributed by atoms with van der Waals surface area (Å²) < 4.78 is 0. The molecule has 2 heterocycles. The van der Waals surface area contributed by atoms with Gasteiger partial charge >= 0.3 is 0 Å². The molecule has 0 saturated heterocycles. The van der Waals surface area contributed by atoms with Crippen molar-refractivity contribution in [3.8, 4) is 0 Å². The minimum absolute atomic E-state index is 0.579. The molecule has 0 radical (unpaired) electrons. The largest absolute Gasteiger partial charge is 0.370 e. The average molecular weight is 295 g/mol. The van der Waals surface area contributed by atoms with Crippen LogP contribution in [0.15, 0.2) is 30.5 Å². The number of nitrogens with one attached hydrogen (secondary N) is 2. The molecule has 0 unspecified atom stereocenters. The molecule has 2 fully saturated rings. The van der Waals surface area contributed by atoms with Crippen LogP contribution < -0.4 is 10.6 Å². The highest BCUT2D eigenvalue weighted by Crippen LogP contribution is 2.40. The van der Waals surface area contributed by atoms with E-state index in [1.807, 2.05) is 18.3 Å². The van der Waals surface area contributed by atoms with Gasteiger partial charge in [-0.05, 0) is 37.8 Å². The maximum absolute atomic E-state index is 4.67. The lowest BCUT2D eigenvalue weighted by Gasteiger charge is -2.10. The first-order valence-electron chi connectivity index (χ1n) is 8.16. The first-order valence-corrected chi connectivity index (χ1v) is 8.16. The number of hydrogen-bond donors (Lipinski definition) is 2. The third kappa shape index (κ3) is 3.53. The van der Waals surface area contributed by atoms with Crippen molar-refractivity contribution in [1.82, 2.24) is 15.0 Å². The summed E-state index contributed by atoms with van der Waals surface area (Å²) in [5, 5.41) is 6.83. The highest BCUT2D eigenvalue weighted by molar-refractivity contribution is 5.45. The van der Waals surface area contributed by atoms with Gasteiger partial charge < -0.3 is 10.6 Å². The van der Waals surface area contributed by atoms with Crippen LogP contribution in [0.2, 0.25) is 0 Å². The molecule has 0 aliphatic heterocycles.